The third-order valence-corrected chi connectivity index (χ3v) is 13.9. The van der Waals surface area contributed by atoms with Gasteiger partial charge in [-0.25, -0.2) is 0 Å². The Morgan fingerprint density at radius 2 is 0.828 bits per heavy atom. The van der Waals surface area contributed by atoms with E-state index in [0.29, 0.717) is 11.8 Å². The van der Waals surface area contributed by atoms with Crippen molar-refractivity contribution < 1.29 is 0 Å². The molecule has 278 valence electrons. The highest BCUT2D eigenvalue weighted by molar-refractivity contribution is 6.17. The third-order valence-electron chi connectivity index (χ3n) is 13.9. The molecule has 12 rings (SSSR count). The van der Waals surface area contributed by atoms with Crippen molar-refractivity contribution in [2.75, 3.05) is 0 Å². The van der Waals surface area contributed by atoms with Gasteiger partial charge in [-0.15, -0.1) is 0 Å². The molecule has 0 radical (unpaired) electrons. The predicted molar refractivity (Wildman–Crippen MR) is 241 cm³/mol. The van der Waals surface area contributed by atoms with Crippen molar-refractivity contribution in [1.82, 2.24) is 19.1 Å². The first kappa shape index (κ1) is 33.4. The Morgan fingerprint density at radius 1 is 0.397 bits per heavy atom. The van der Waals surface area contributed by atoms with Crippen molar-refractivity contribution in [2.24, 2.45) is 0 Å². The van der Waals surface area contributed by atoms with Crippen LogP contribution in [0.4, 0.5) is 0 Å². The van der Waals surface area contributed by atoms with E-state index in [1.165, 1.54) is 99.2 Å². The summed E-state index contributed by atoms with van der Waals surface area (Å²) in [6, 6.07) is 49.4. The van der Waals surface area contributed by atoms with Crippen LogP contribution in [0.2, 0.25) is 0 Å². The van der Waals surface area contributed by atoms with Crippen LogP contribution in [-0.2, 0) is 0 Å². The average Bonchev–Trinajstić information content (AvgIpc) is 3.79. The van der Waals surface area contributed by atoms with E-state index < -0.39 is 0 Å². The van der Waals surface area contributed by atoms with Gasteiger partial charge >= 0.3 is 0 Å². The topological polar surface area (TPSA) is 35.6 Å². The molecule has 4 atom stereocenters. The van der Waals surface area contributed by atoms with Gasteiger partial charge in [0.1, 0.15) is 0 Å². The van der Waals surface area contributed by atoms with Gasteiger partial charge in [0.25, 0.3) is 0 Å². The number of aromatic nitrogens is 4. The molecule has 4 nitrogen and oxygen atoms in total. The Hall–Kier alpha value is -6.78. The highest BCUT2D eigenvalue weighted by Gasteiger charge is 2.42. The summed E-state index contributed by atoms with van der Waals surface area (Å²) in [4.78, 5) is 9.31. The van der Waals surface area contributed by atoms with Crippen LogP contribution in [0, 0.1) is 0 Å². The van der Waals surface area contributed by atoms with Gasteiger partial charge in [0.2, 0.25) is 0 Å². The largest absolute Gasteiger partial charge is 0.307 e. The first-order chi connectivity index (χ1) is 28.5. The van der Waals surface area contributed by atoms with E-state index in [-0.39, 0.29) is 11.8 Å². The summed E-state index contributed by atoms with van der Waals surface area (Å²) in [5.41, 5.74) is 20.9. The Balaban J connectivity index is 1.24. The van der Waals surface area contributed by atoms with Gasteiger partial charge in [0.05, 0.1) is 45.8 Å². The second-order valence-electron chi connectivity index (χ2n) is 16.7. The van der Waals surface area contributed by atoms with Crippen molar-refractivity contribution >= 4 is 43.6 Å². The number of rotatable bonds is 4. The number of pyridine rings is 2. The summed E-state index contributed by atoms with van der Waals surface area (Å²) in [5, 5.41) is 5.23. The Bertz CT molecular complexity index is 3050. The van der Waals surface area contributed by atoms with Gasteiger partial charge in [-0.2, -0.15) is 0 Å². The van der Waals surface area contributed by atoms with Crippen molar-refractivity contribution in [3.05, 3.63) is 181 Å². The molecule has 58 heavy (non-hydrogen) atoms. The number of nitrogens with zero attached hydrogens (tertiary/aromatic N) is 4. The first-order valence-electron chi connectivity index (χ1n) is 20.7. The van der Waals surface area contributed by atoms with Gasteiger partial charge in [-0.1, -0.05) is 100 Å². The van der Waals surface area contributed by atoms with Crippen LogP contribution >= 0.6 is 0 Å². The van der Waals surface area contributed by atoms with Crippen molar-refractivity contribution in [1.29, 1.82) is 0 Å². The molecule has 0 aliphatic heterocycles. The molecule has 0 saturated heterocycles. The molecule has 0 spiro atoms. The summed E-state index contributed by atoms with van der Waals surface area (Å²) in [6.45, 7) is 9.89. The van der Waals surface area contributed by atoms with E-state index in [2.05, 4.69) is 180 Å². The molecule has 0 bridgehead atoms. The molecule has 4 unspecified atom stereocenters. The quantitative estimate of drug-likeness (QED) is 0.180. The molecule has 4 heteroatoms. The van der Waals surface area contributed by atoms with Crippen LogP contribution in [0.1, 0.15) is 73.6 Å². The lowest BCUT2D eigenvalue weighted by atomic mass is 9.62. The molecule has 10 aromatic rings. The highest BCUT2D eigenvalue weighted by atomic mass is 15.0. The number of hydrogen-bond donors (Lipinski definition) is 0. The van der Waals surface area contributed by atoms with E-state index in [4.69, 9.17) is 0 Å². The normalized spacial score (nSPS) is 18.3. The standard InChI is InChI=1S/C54H42N4/c1-31-32(2)42-28-46-44-26-38(36-15-9-6-10-16-36)20-22-48(44)58(40-18-12-24-56-30-40)54(46)50-34(4)33(3)49-51(52(42)50)41(31)27-45-43-25-37(35-13-7-5-8-14-35)19-21-47(43)57(53(45)49)39-17-11-23-55-29-39/h5-34H,1-4H3. The van der Waals surface area contributed by atoms with Crippen LogP contribution in [0.5, 0.6) is 0 Å². The Kier molecular flexibility index (Phi) is 7.11. The molecule has 4 aromatic heterocycles. The van der Waals surface area contributed by atoms with Crippen molar-refractivity contribution in [3.63, 3.8) is 0 Å². The number of benzene rings is 6. The van der Waals surface area contributed by atoms with Crippen LogP contribution in [0.15, 0.2) is 158 Å². The minimum absolute atomic E-state index is 0.234. The lowest BCUT2D eigenvalue weighted by Crippen LogP contribution is -2.24. The molecule has 4 heterocycles. The van der Waals surface area contributed by atoms with Crippen LogP contribution < -0.4 is 0 Å². The van der Waals surface area contributed by atoms with Gasteiger partial charge in [-0.05, 0) is 140 Å². The van der Waals surface area contributed by atoms with Crippen LogP contribution in [0.25, 0.3) is 88.4 Å². The third kappa shape index (κ3) is 4.51. The van der Waals surface area contributed by atoms with E-state index in [1.807, 2.05) is 24.8 Å². The Labute approximate surface area is 338 Å². The highest BCUT2D eigenvalue weighted by Crippen LogP contribution is 2.61. The molecule has 2 aliphatic rings. The second-order valence-corrected chi connectivity index (χ2v) is 16.7. The summed E-state index contributed by atoms with van der Waals surface area (Å²) >= 11 is 0. The maximum absolute atomic E-state index is 4.66. The number of fused-ring (bicyclic) bond motifs is 8. The molecule has 0 fully saturated rings. The molecule has 6 aromatic carbocycles. The fraction of sp³-hybridized carbons (Fsp3) is 0.148. The van der Waals surface area contributed by atoms with Crippen LogP contribution in [0.3, 0.4) is 0 Å². The lowest BCUT2D eigenvalue weighted by Gasteiger charge is -2.42. The zero-order valence-corrected chi connectivity index (χ0v) is 33.1. The molecular formula is C54H42N4. The molecule has 0 saturated carbocycles. The maximum Gasteiger partial charge on any atom is 0.0645 e. The number of hydrogen-bond acceptors (Lipinski definition) is 2. The van der Waals surface area contributed by atoms with Gasteiger partial charge in [0.15, 0.2) is 0 Å². The summed E-state index contributed by atoms with van der Waals surface area (Å²) in [6.07, 6.45) is 7.80. The van der Waals surface area contributed by atoms with E-state index in [9.17, 15) is 0 Å². The summed E-state index contributed by atoms with van der Waals surface area (Å²) < 4.78 is 5.02. The van der Waals surface area contributed by atoms with Crippen LogP contribution in [-0.4, -0.2) is 19.1 Å². The average molecular weight is 747 g/mol. The fourth-order valence-electron chi connectivity index (χ4n) is 10.8. The van der Waals surface area contributed by atoms with E-state index >= 15 is 0 Å². The fourth-order valence-corrected chi connectivity index (χ4v) is 10.8. The summed E-state index contributed by atoms with van der Waals surface area (Å²) in [7, 11) is 0. The minimum Gasteiger partial charge on any atom is -0.307 e. The molecule has 2 aliphatic carbocycles. The lowest BCUT2D eigenvalue weighted by molar-refractivity contribution is 0.584. The second kappa shape index (κ2) is 12.4. The van der Waals surface area contributed by atoms with E-state index in [1.54, 1.807) is 0 Å². The zero-order chi connectivity index (χ0) is 38.8. The van der Waals surface area contributed by atoms with Gasteiger partial charge < -0.3 is 9.13 Å². The van der Waals surface area contributed by atoms with Gasteiger partial charge in [0, 0.05) is 33.9 Å². The molecule has 0 amide bonds. The predicted octanol–water partition coefficient (Wildman–Crippen LogP) is 14.1. The maximum atomic E-state index is 4.66. The minimum atomic E-state index is 0.234. The monoisotopic (exact) mass is 746 g/mol. The zero-order valence-electron chi connectivity index (χ0n) is 33.1. The first-order valence-corrected chi connectivity index (χ1v) is 20.7. The SMILES string of the molecule is CC1c2cc3c4cc(-c5ccccc5)ccc4n(-c4cccnc4)c3c3c2-c2c(cc4c5cc(-c6ccccc6)ccc5n(-c5cccnc5)c4c2C(C)C3C)C1C. The van der Waals surface area contributed by atoms with E-state index in [0.717, 1.165) is 11.4 Å². The smallest absolute Gasteiger partial charge is 0.0645 e. The van der Waals surface area contributed by atoms with Gasteiger partial charge in [-0.3, -0.25) is 9.97 Å². The molecular weight excluding hydrogens is 705 g/mol. The summed E-state index contributed by atoms with van der Waals surface area (Å²) in [5.74, 6) is 1.13. The van der Waals surface area contributed by atoms with Crippen molar-refractivity contribution in [2.45, 2.75) is 51.4 Å². The van der Waals surface area contributed by atoms with Crippen molar-refractivity contribution in [3.8, 4) is 44.8 Å². The Morgan fingerprint density at radius 3 is 1.22 bits per heavy atom. The molecule has 0 N–H and O–H groups in total.